The molecule has 4 aromatic heterocycles. The number of hydrogen-bond acceptors (Lipinski definition) is 15. The van der Waals surface area contributed by atoms with Gasteiger partial charge in [0.25, 0.3) is 0 Å². The number of nitrogens with zero attached hydrogens (tertiary/aromatic N) is 6. The summed E-state index contributed by atoms with van der Waals surface area (Å²) in [5, 5.41) is 3.38. The molecule has 4 N–H and O–H groups in total. The normalized spacial score (nSPS) is 16.5. The van der Waals surface area contributed by atoms with Gasteiger partial charge in [0, 0.05) is 95.2 Å². The average molecular weight is 1070 g/mol. The Morgan fingerprint density at radius 1 is 0.512 bits per heavy atom. The molecule has 0 unspecified atom stereocenters. The lowest BCUT2D eigenvalue weighted by Crippen LogP contribution is -2.19. The summed E-state index contributed by atoms with van der Waals surface area (Å²) in [6.45, 7) is 0. The number of aliphatic imine (C=N–C) groups is 3. The van der Waals surface area contributed by atoms with E-state index in [-0.39, 0.29) is 56.0 Å². The molecule has 0 saturated carbocycles. The first kappa shape index (κ1) is 51.9. The number of H-pyrrole nitrogens is 3. The van der Waals surface area contributed by atoms with Gasteiger partial charge in [0.2, 0.25) is 0 Å². The van der Waals surface area contributed by atoms with Crippen LogP contribution in [-0.4, -0.2) is 106 Å². The van der Waals surface area contributed by atoms with E-state index < -0.39 is 0 Å². The van der Waals surface area contributed by atoms with Gasteiger partial charge in [-0.25, -0.2) is 24.9 Å². The molecule has 0 spiro atoms. The van der Waals surface area contributed by atoms with Gasteiger partial charge in [0.05, 0.1) is 108 Å². The summed E-state index contributed by atoms with van der Waals surface area (Å²) >= 11 is 0. The summed E-state index contributed by atoms with van der Waals surface area (Å²) in [5.41, 5.74) is 15.2. The van der Waals surface area contributed by atoms with Crippen LogP contribution in [0.4, 0.5) is 0 Å². The van der Waals surface area contributed by atoms with Crippen molar-refractivity contribution in [3.8, 4) is 11.8 Å². The quantitative estimate of drug-likeness (QED) is 0.0511. The van der Waals surface area contributed by atoms with Crippen LogP contribution in [0.2, 0.25) is 0 Å². The van der Waals surface area contributed by atoms with Gasteiger partial charge in [-0.1, -0.05) is 11.8 Å². The number of methoxy groups -OCH3 is 4. The second kappa shape index (κ2) is 22.4. The van der Waals surface area contributed by atoms with Crippen molar-refractivity contribution in [2.45, 2.75) is 51.4 Å². The molecule has 11 heterocycles. The maximum atomic E-state index is 12.8. The molecule has 18 nitrogen and oxygen atoms in total. The van der Waals surface area contributed by atoms with E-state index >= 15 is 0 Å². The fraction of sp³-hybridized carbons (Fsp3) is 0.210. The minimum Gasteiger partial charge on any atom is -0.469 e. The predicted molar refractivity (Wildman–Crippen MR) is 307 cm³/mol. The van der Waals surface area contributed by atoms with Gasteiger partial charge in [-0.05, 0) is 129 Å². The largest absolute Gasteiger partial charge is 0.469 e. The number of esters is 4. The summed E-state index contributed by atoms with van der Waals surface area (Å²) in [4.78, 5) is 89.8. The lowest BCUT2D eigenvalue weighted by Gasteiger charge is -2.17. The summed E-state index contributed by atoms with van der Waals surface area (Å²) in [6, 6.07) is 13.8. The van der Waals surface area contributed by atoms with E-state index in [4.69, 9.17) is 43.9 Å². The number of rotatable bonds is 12. The second-order valence-electron chi connectivity index (χ2n) is 19.2. The van der Waals surface area contributed by atoms with Crippen LogP contribution in [0.1, 0.15) is 89.4 Å². The Labute approximate surface area is 459 Å². The van der Waals surface area contributed by atoms with E-state index in [1.165, 1.54) is 28.4 Å². The highest BCUT2D eigenvalue weighted by atomic mass is 16.5. The lowest BCUT2D eigenvalue weighted by atomic mass is 10.0. The number of aromatic amines is 3. The third-order valence-corrected chi connectivity index (χ3v) is 14.3. The number of allylic oxidation sites excluding steroid dienone is 10. The van der Waals surface area contributed by atoms with Crippen LogP contribution in [0.5, 0.6) is 0 Å². The van der Waals surface area contributed by atoms with E-state index in [0.29, 0.717) is 87.4 Å². The second-order valence-corrected chi connectivity index (χ2v) is 19.2. The molecule has 0 amide bonds. The first-order valence-electron chi connectivity index (χ1n) is 26.0. The van der Waals surface area contributed by atoms with Crippen LogP contribution in [0.25, 0.3) is 57.5 Å². The van der Waals surface area contributed by atoms with Gasteiger partial charge in [-0.2, -0.15) is 0 Å². The molecule has 16 bridgehead atoms. The minimum atomic E-state index is -0.381. The smallest absolute Gasteiger partial charge is 0.305 e. The molecule has 7 aliphatic rings. The van der Waals surface area contributed by atoms with E-state index in [1.54, 1.807) is 0 Å². The molecule has 7 aliphatic heterocycles. The zero-order chi connectivity index (χ0) is 55.4. The first-order valence-corrected chi connectivity index (χ1v) is 26.0. The van der Waals surface area contributed by atoms with Gasteiger partial charge >= 0.3 is 23.9 Å². The monoisotopic (exact) mass is 1070 g/mol. The predicted octanol–water partition coefficient (Wildman–Crippen LogP) is 9.09. The molecular formula is C62H54N10O8. The first-order chi connectivity index (χ1) is 39.0. The molecule has 0 saturated heterocycles. The van der Waals surface area contributed by atoms with Crippen molar-refractivity contribution in [3.05, 3.63) is 176 Å². The van der Waals surface area contributed by atoms with Gasteiger partial charge in [0.15, 0.2) is 0 Å². The van der Waals surface area contributed by atoms with Crippen molar-refractivity contribution in [2.75, 3.05) is 35.5 Å². The number of hydrogen-bond donors (Lipinski definition) is 4. The number of aromatic nitrogens is 5. The summed E-state index contributed by atoms with van der Waals surface area (Å²) in [6.07, 6.45) is 24.4. The van der Waals surface area contributed by atoms with Crippen LogP contribution >= 0.6 is 0 Å². The van der Waals surface area contributed by atoms with Crippen molar-refractivity contribution < 1.29 is 38.1 Å². The van der Waals surface area contributed by atoms with Gasteiger partial charge in [-0.15, -0.1) is 0 Å². The summed E-state index contributed by atoms with van der Waals surface area (Å²) in [7, 11) is 7.42. The van der Waals surface area contributed by atoms with Gasteiger partial charge in [-0.3, -0.25) is 19.2 Å². The number of fused-ring (bicyclic) bond motifs is 13. The molecule has 11 rings (SSSR count). The fourth-order valence-electron chi connectivity index (χ4n) is 10.2. The Bertz CT molecular complexity index is 3910. The molecule has 0 aliphatic carbocycles. The van der Waals surface area contributed by atoms with Crippen LogP contribution < -0.4 is 5.32 Å². The van der Waals surface area contributed by atoms with Crippen molar-refractivity contribution >= 4 is 98.5 Å². The lowest BCUT2D eigenvalue weighted by molar-refractivity contribution is -0.141. The third kappa shape index (κ3) is 10.6. The minimum absolute atomic E-state index is 0.0758. The van der Waals surface area contributed by atoms with Crippen LogP contribution in [-0.2, 0) is 51.0 Å². The zero-order valence-electron chi connectivity index (χ0n) is 44.6. The van der Waals surface area contributed by atoms with Gasteiger partial charge in [0.1, 0.15) is 5.82 Å². The van der Waals surface area contributed by atoms with Crippen LogP contribution in [0, 0.1) is 11.8 Å². The van der Waals surface area contributed by atoms with Crippen molar-refractivity contribution in [2.24, 2.45) is 15.0 Å². The topological polar surface area (TPSA) is 231 Å². The number of carbonyl (C=O) groups excluding carboxylic acids is 4. The Hall–Kier alpha value is -10.2. The Balaban J connectivity index is 1.16. The maximum Gasteiger partial charge on any atom is 0.305 e. The van der Waals surface area contributed by atoms with Gasteiger partial charge < -0.3 is 44.1 Å². The molecular weight excluding hydrogens is 1010 g/mol. The van der Waals surface area contributed by atoms with Crippen molar-refractivity contribution in [1.82, 2.24) is 35.1 Å². The van der Waals surface area contributed by atoms with Crippen molar-refractivity contribution in [3.63, 3.8) is 0 Å². The molecule has 0 aromatic carbocycles. The Morgan fingerprint density at radius 3 is 1.60 bits per heavy atom. The van der Waals surface area contributed by atoms with E-state index in [2.05, 4.69) is 32.1 Å². The highest BCUT2D eigenvalue weighted by Crippen LogP contribution is 2.36. The van der Waals surface area contributed by atoms with E-state index in [9.17, 15) is 19.2 Å². The average Bonchev–Trinajstić information content (AvgIpc) is 4.51. The molecule has 0 atom stereocenters. The SMILES string of the molecule is COC(=O)CCC1=C2C=CC(=N2)/C(=C2\NC=CN2C)c2ccc([nH]2)C(CCC(=O)OC)=C2C=CC(=N2)C(C#Cc2c3nc(c(CCC(=O)OC)c4ccc(cc5ccc([nH]5)c(CCC(=O)OC)c5nc2C=C5)[nH]4)C=C3)=C2C=CC1=N2. The number of ether oxygens (including phenoxy) is 4. The Kier molecular flexibility index (Phi) is 14.6. The Morgan fingerprint density at radius 2 is 1.01 bits per heavy atom. The van der Waals surface area contributed by atoms with E-state index in [0.717, 1.165) is 67.1 Å². The zero-order valence-corrected chi connectivity index (χ0v) is 44.6. The van der Waals surface area contributed by atoms with Crippen LogP contribution in [0.15, 0.2) is 140 Å². The molecule has 0 radical (unpaired) electrons. The van der Waals surface area contributed by atoms with E-state index in [1.807, 2.05) is 128 Å². The summed E-state index contributed by atoms with van der Waals surface area (Å²) in [5.74, 6) is 6.33. The molecule has 400 valence electrons. The molecule has 0 fully saturated rings. The molecule has 18 heteroatoms. The molecule has 4 aromatic rings. The summed E-state index contributed by atoms with van der Waals surface area (Å²) < 4.78 is 20.4. The molecule has 80 heavy (non-hydrogen) atoms. The van der Waals surface area contributed by atoms with Crippen LogP contribution in [0.3, 0.4) is 0 Å². The number of carbonyl (C=O) groups is 4. The highest BCUT2D eigenvalue weighted by molar-refractivity contribution is 6.31. The van der Waals surface area contributed by atoms with Crippen molar-refractivity contribution in [1.29, 1.82) is 0 Å². The standard InChI is InChI=1S/C62H54N10O8/c1-72-33-32-63-62(72)61-55-26-24-53(70-55)41(12-30-59(75)79-4)51-22-18-47(68-51)38(48-19-23-52(69-48)42(13-31-60(76)80-5)54-25-27-56(61)71-54)9-8-37-45-16-20-49(66-45)39(10-28-57(73)77-2)43-14-6-35(64-43)34-36-7-15-44(65-36)40(11-29-58(74)78-3)50-21-17-46(37)67-50/h6-7,14-27,32-34,63-65,70H,10-13,28-31H2,1-5H3/b35-34?,36-34?,43-39?,44-40?,45-37?,46-37?,48-38?,49-39?,50-40?,51-41?,54-42?,62-61+. The highest BCUT2D eigenvalue weighted by Gasteiger charge is 2.28. The number of nitrogens with one attached hydrogen (secondary N) is 4. The maximum absolute atomic E-state index is 12.8. The third-order valence-electron chi connectivity index (χ3n) is 14.3. The fourth-order valence-corrected chi connectivity index (χ4v) is 10.2. The number of aryl methyl sites for hydroxylation is 2.